The third kappa shape index (κ3) is 2.79. The molecule has 0 radical (unpaired) electrons. The molecule has 1 fully saturated rings. The van der Waals surface area contributed by atoms with E-state index < -0.39 is 9.84 Å². The van der Waals surface area contributed by atoms with Gasteiger partial charge in [-0.2, -0.15) is 0 Å². The Hall–Kier alpha value is -0.0900. The second-order valence-electron chi connectivity index (χ2n) is 3.16. The highest BCUT2D eigenvalue weighted by Gasteiger charge is 2.21. The van der Waals surface area contributed by atoms with Crippen LogP contribution in [0.1, 0.15) is 19.3 Å². The maximum absolute atomic E-state index is 11.1. The zero-order valence-electron chi connectivity index (χ0n) is 6.49. The van der Waals surface area contributed by atoms with E-state index in [4.69, 9.17) is 5.11 Å². The predicted octanol–water partition coefficient (Wildman–Crippen LogP) is 0.194. The fourth-order valence-corrected chi connectivity index (χ4v) is 3.23. The topological polar surface area (TPSA) is 54.4 Å². The van der Waals surface area contributed by atoms with Crippen LogP contribution in [0, 0.1) is 5.92 Å². The molecule has 0 bridgehead atoms. The quantitative estimate of drug-likeness (QED) is 0.623. The van der Waals surface area contributed by atoms with Crippen molar-refractivity contribution in [3.05, 3.63) is 0 Å². The summed E-state index contributed by atoms with van der Waals surface area (Å²) in [6, 6.07) is 0. The van der Waals surface area contributed by atoms with Gasteiger partial charge < -0.3 is 5.11 Å². The first-order valence-electron chi connectivity index (χ1n) is 3.95. The van der Waals surface area contributed by atoms with Gasteiger partial charge in [0.2, 0.25) is 0 Å². The lowest BCUT2D eigenvalue weighted by atomic mass is 10.1. The van der Waals surface area contributed by atoms with E-state index in [2.05, 4.69) is 0 Å². The Morgan fingerprint density at radius 1 is 1.36 bits per heavy atom. The first-order valence-corrected chi connectivity index (χ1v) is 5.77. The van der Waals surface area contributed by atoms with Crippen molar-refractivity contribution in [2.75, 3.05) is 18.1 Å². The number of rotatable bonds is 1. The van der Waals surface area contributed by atoms with Crippen LogP contribution < -0.4 is 0 Å². The molecule has 1 saturated heterocycles. The Labute approximate surface area is 67.3 Å². The Bertz CT molecular complexity index is 208. The molecule has 1 aliphatic rings. The van der Waals surface area contributed by atoms with Crippen molar-refractivity contribution >= 4 is 9.84 Å². The monoisotopic (exact) mass is 178 g/mol. The third-order valence-corrected chi connectivity index (χ3v) is 3.96. The van der Waals surface area contributed by atoms with E-state index in [9.17, 15) is 8.42 Å². The van der Waals surface area contributed by atoms with Crippen LogP contribution in [0.4, 0.5) is 0 Å². The van der Waals surface area contributed by atoms with Crippen LogP contribution >= 0.6 is 0 Å². The van der Waals surface area contributed by atoms with Gasteiger partial charge in [0, 0.05) is 6.61 Å². The molecule has 0 saturated carbocycles. The highest BCUT2D eigenvalue weighted by molar-refractivity contribution is 7.91. The number of aliphatic hydroxyl groups excluding tert-OH is 1. The minimum Gasteiger partial charge on any atom is -0.396 e. The lowest BCUT2D eigenvalue weighted by Gasteiger charge is -2.07. The molecule has 0 aromatic heterocycles. The van der Waals surface area contributed by atoms with Gasteiger partial charge in [-0.25, -0.2) is 8.42 Å². The highest BCUT2D eigenvalue weighted by atomic mass is 32.2. The van der Waals surface area contributed by atoms with E-state index in [1.54, 1.807) is 0 Å². The van der Waals surface area contributed by atoms with Crippen LogP contribution in [0.3, 0.4) is 0 Å². The van der Waals surface area contributed by atoms with Gasteiger partial charge in [-0.15, -0.1) is 0 Å². The normalized spacial score (nSPS) is 31.2. The van der Waals surface area contributed by atoms with Crippen LogP contribution in [0.25, 0.3) is 0 Å². The van der Waals surface area contributed by atoms with E-state index in [1.807, 2.05) is 0 Å². The molecule has 1 aliphatic heterocycles. The van der Waals surface area contributed by atoms with Gasteiger partial charge in [-0.05, 0) is 18.8 Å². The molecule has 1 atom stereocenters. The van der Waals surface area contributed by atoms with Gasteiger partial charge in [-0.1, -0.05) is 6.42 Å². The van der Waals surface area contributed by atoms with Crippen molar-refractivity contribution in [2.45, 2.75) is 19.3 Å². The van der Waals surface area contributed by atoms with Crippen LogP contribution in [-0.2, 0) is 9.84 Å². The lowest BCUT2D eigenvalue weighted by Crippen LogP contribution is -2.18. The number of sulfone groups is 1. The molecule has 4 heteroatoms. The summed E-state index contributed by atoms with van der Waals surface area (Å²) >= 11 is 0. The van der Waals surface area contributed by atoms with Gasteiger partial charge in [0.1, 0.15) is 0 Å². The zero-order chi connectivity index (χ0) is 8.32. The van der Waals surface area contributed by atoms with Crippen LogP contribution in [-0.4, -0.2) is 31.6 Å². The summed E-state index contributed by atoms with van der Waals surface area (Å²) in [6.07, 6.45) is 2.55. The maximum atomic E-state index is 11.1. The Morgan fingerprint density at radius 3 is 2.73 bits per heavy atom. The molecular weight excluding hydrogens is 164 g/mol. The molecule has 0 aromatic carbocycles. The van der Waals surface area contributed by atoms with E-state index in [1.165, 1.54) is 0 Å². The van der Waals surface area contributed by atoms with Gasteiger partial charge in [-0.3, -0.25) is 0 Å². The average molecular weight is 178 g/mol. The summed E-state index contributed by atoms with van der Waals surface area (Å²) in [5.74, 6) is 0.481. The zero-order valence-corrected chi connectivity index (χ0v) is 7.31. The van der Waals surface area contributed by atoms with E-state index in [-0.39, 0.29) is 18.3 Å². The van der Waals surface area contributed by atoms with Crippen molar-refractivity contribution in [1.82, 2.24) is 0 Å². The van der Waals surface area contributed by atoms with Crippen molar-refractivity contribution in [3.8, 4) is 0 Å². The van der Waals surface area contributed by atoms with E-state index in [0.29, 0.717) is 5.75 Å². The summed E-state index contributed by atoms with van der Waals surface area (Å²) in [4.78, 5) is 0. The summed E-state index contributed by atoms with van der Waals surface area (Å²) in [6.45, 7) is 0.0131. The molecule has 66 valence electrons. The molecule has 1 N–H and O–H groups in total. The third-order valence-electron chi connectivity index (χ3n) is 2.07. The van der Waals surface area contributed by atoms with Gasteiger partial charge in [0.15, 0.2) is 9.84 Å². The summed E-state index contributed by atoms with van der Waals surface area (Å²) in [5.41, 5.74) is 0. The standard InChI is InChI=1S/C7H14O3S/c8-5-7-3-1-2-4-11(9,10)6-7/h7-8H,1-6H2. The minimum atomic E-state index is -2.84. The van der Waals surface area contributed by atoms with Gasteiger partial charge in [0.05, 0.1) is 11.5 Å². The first kappa shape index (κ1) is 9.00. The van der Waals surface area contributed by atoms with Crippen molar-refractivity contribution < 1.29 is 13.5 Å². The van der Waals surface area contributed by atoms with E-state index >= 15 is 0 Å². The second-order valence-corrected chi connectivity index (χ2v) is 5.39. The smallest absolute Gasteiger partial charge is 0.150 e. The molecule has 1 rings (SSSR count). The molecule has 0 spiro atoms. The Balaban J connectivity index is 2.61. The Kier molecular flexibility index (Phi) is 2.90. The van der Waals surface area contributed by atoms with Crippen LogP contribution in [0.5, 0.6) is 0 Å². The predicted molar refractivity (Wildman–Crippen MR) is 43.1 cm³/mol. The first-order chi connectivity index (χ1) is 5.14. The van der Waals surface area contributed by atoms with Crippen molar-refractivity contribution in [2.24, 2.45) is 5.92 Å². The molecule has 0 amide bonds. The second kappa shape index (κ2) is 3.54. The number of hydrogen-bond acceptors (Lipinski definition) is 3. The average Bonchev–Trinajstić information content (AvgIpc) is 2.10. The van der Waals surface area contributed by atoms with Crippen molar-refractivity contribution in [3.63, 3.8) is 0 Å². The molecule has 0 aliphatic carbocycles. The number of hydrogen-bond donors (Lipinski definition) is 1. The summed E-state index contributed by atoms with van der Waals surface area (Å²) < 4.78 is 22.3. The van der Waals surface area contributed by atoms with Crippen LogP contribution in [0.2, 0.25) is 0 Å². The van der Waals surface area contributed by atoms with Crippen LogP contribution in [0.15, 0.2) is 0 Å². The molecule has 3 nitrogen and oxygen atoms in total. The largest absolute Gasteiger partial charge is 0.396 e. The fraction of sp³-hybridized carbons (Fsp3) is 1.00. The van der Waals surface area contributed by atoms with E-state index in [0.717, 1.165) is 19.3 Å². The number of aliphatic hydroxyl groups is 1. The summed E-state index contributed by atoms with van der Waals surface area (Å²) in [5, 5.41) is 8.78. The molecule has 0 aromatic rings. The molecular formula is C7H14O3S. The molecule has 11 heavy (non-hydrogen) atoms. The Morgan fingerprint density at radius 2 is 2.09 bits per heavy atom. The molecule has 1 heterocycles. The lowest BCUT2D eigenvalue weighted by molar-refractivity contribution is 0.231. The van der Waals surface area contributed by atoms with Gasteiger partial charge >= 0.3 is 0 Å². The SMILES string of the molecule is O=S1(=O)CCCCC(CO)C1. The minimum absolute atomic E-state index is 0.0116. The molecule has 1 unspecified atom stereocenters. The fourth-order valence-electron chi connectivity index (χ4n) is 1.42. The van der Waals surface area contributed by atoms with Crippen molar-refractivity contribution in [1.29, 1.82) is 0 Å². The van der Waals surface area contributed by atoms with Gasteiger partial charge in [0.25, 0.3) is 0 Å². The summed E-state index contributed by atoms with van der Waals surface area (Å²) in [7, 11) is -2.84. The maximum Gasteiger partial charge on any atom is 0.150 e. The highest BCUT2D eigenvalue weighted by Crippen LogP contribution is 2.17.